The fourth-order valence-electron chi connectivity index (χ4n) is 2.64. The molecule has 1 aromatic carbocycles. The van der Waals surface area contributed by atoms with Crippen molar-refractivity contribution in [3.8, 4) is 5.75 Å². The molecular formula is C19H30O4Si. The maximum atomic E-state index is 12.0. The summed E-state index contributed by atoms with van der Waals surface area (Å²) in [6.45, 7) is 13.9. The van der Waals surface area contributed by atoms with Gasteiger partial charge in [-0.1, -0.05) is 39.0 Å². The SMILES string of the molecule is CCOC(=O)CC1COc2ccccc2C1O[Si](C)(C)C(C)(C)C. The molecule has 4 nitrogen and oxygen atoms in total. The van der Waals surface area contributed by atoms with Crippen molar-refractivity contribution < 1.29 is 18.7 Å². The van der Waals surface area contributed by atoms with Crippen molar-refractivity contribution in [3.05, 3.63) is 29.8 Å². The molecule has 0 bridgehead atoms. The summed E-state index contributed by atoms with van der Waals surface area (Å²) in [6, 6.07) is 7.98. The van der Waals surface area contributed by atoms with E-state index in [1.807, 2.05) is 31.2 Å². The highest BCUT2D eigenvalue weighted by molar-refractivity contribution is 6.74. The van der Waals surface area contributed by atoms with Crippen molar-refractivity contribution in [1.29, 1.82) is 0 Å². The molecule has 1 aromatic rings. The molecule has 24 heavy (non-hydrogen) atoms. The number of fused-ring (bicyclic) bond motifs is 1. The van der Waals surface area contributed by atoms with Crippen LogP contribution in [0.3, 0.4) is 0 Å². The van der Waals surface area contributed by atoms with Crippen LogP contribution in [0.15, 0.2) is 24.3 Å². The molecule has 0 fully saturated rings. The number of carbonyl (C=O) groups excluding carboxylic acids is 1. The van der Waals surface area contributed by atoms with E-state index in [9.17, 15) is 4.79 Å². The van der Waals surface area contributed by atoms with Crippen LogP contribution in [-0.4, -0.2) is 27.5 Å². The molecule has 0 aromatic heterocycles. The van der Waals surface area contributed by atoms with Gasteiger partial charge in [-0.3, -0.25) is 4.79 Å². The molecule has 2 rings (SSSR count). The number of rotatable bonds is 5. The van der Waals surface area contributed by atoms with Crippen LogP contribution in [0.5, 0.6) is 5.75 Å². The maximum Gasteiger partial charge on any atom is 0.306 e. The second kappa shape index (κ2) is 7.27. The standard InChI is InChI=1S/C19H30O4Si/c1-7-21-17(20)12-14-13-22-16-11-9-8-10-15(16)18(14)23-24(5,6)19(2,3)4/h8-11,14,18H,7,12-13H2,1-6H3. The summed E-state index contributed by atoms with van der Waals surface area (Å²) in [4.78, 5) is 12.0. The van der Waals surface area contributed by atoms with Gasteiger partial charge in [0.2, 0.25) is 0 Å². The fraction of sp³-hybridized carbons (Fsp3) is 0.632. The minimum atomic E-state index is -1.98. The van der Waals surface area contributed by atoms with Crippen LogP contribution >= 0.6 is 0 Å². The first-order chi connectivity index (χ1) is 11.2. The normalized spacial score (nSPS) is 20.9. The van der Waals surface area contributed by atoms with Gasteiger partial charge in [-0.15, -0.1) is 0 Å². The Balaban J connectivity index is 2.30. The van der Waals surface area contributed by atoms with Gasteiger partial charge in [-0.2, -0.15) is 0 Å². The highest BCUT2D eigenvalue weighted by atomic mass is 28.4. The maximum absolute atomic E-state index is 12.0. The van der Waals surface area contributed by atoms with Crippen molar-refractivity contribution in [2.24, 2.45) is 5.92 Å². The first-order valence-electron chi connectivity index (χ1n) is 8.71. The van der Waals surface area contributed by atoms with Crippen molar-refractivity contribution in [1.82, 2.24) is 0 Å². The molecule has 0 saturated carbocycles. The molecule has 0 saturated heterocycles. The molecule has 0 amide bonds. The molecule has 0 spiro atoms. The van der Waals surface area contributed by atoms with E-state index in [0.717, 1.165) is 11.3 Å². The summed E-state index contributed by atoms with van der Waals surface area (Å²) in [7, 11) is -1.98. The Morgan fingerprint density at radius 3 is 2.58 bits per heavy atom. The van der Waals surface area contributed by atoms with Crippen LogP contribution in [0.4, 0.5) is 0 Å². The number of carbonyl (C=O) groups is 1. The van der Waals surface area contributed by atoms with Gasteiger partial charge in [0.15, 0.2) is 8.32 Å². The predicted octanol–water partition coefficient (Wildman–Crippen LogP) is 4.71. The predicted molar refractivity (Wildman–Crippen MR) is 97.7 cm³/mol. The summed E-state index contributed by atoms with van der Waals surface area (Å²) in [5.41, 5.74) is 1.04. The van der Waals surface area contributed by atoms with E-state index in [1.54, 1.807) is 0 Å². The number of hydrogen-bond acceptors (Lipinski definition) is 4. The van der Waals surface area contributed by atoms with Crippen LogP contribution in [0.25, 0.3) is 0 Å². The van der Waals surface area contributed by atoms with E-state index < -0.39 is 8.32 Å². The van der Waals surface area contributed by atoms with E-state index in [1.165, 1.54) is 0 Å². The van der Waals surface area contributed by atoms with Crippen molar-refractivity contribution >= 4 is 14.3 Å². The van der Waals surface area contributed by atoms with Crippen molar-refractivity contribution in [2.45, 2.75) is 58.4 Å². The zero-order chi connectivity index (χ0) is 18.0. The average molecular weight is 351 g/mol. The van der Waals surface area contributed by atoms with E-state index in [2.05, 4.69) is 33.9 Å². The number of ether oxygens (including phenoxy) is 2. The van der Waals surface area contributed by atoms with E-state index in [0.29, 0.717) is 19.6 Å². The summed E-state index contributed by atoms with van der Waals surface area (Å²) < 4.78 is 17.7. The number of para-hydroxylation sites is 1. The number of hydrogen-bond donors (Lipinski definition) is 0. The molecule has 1 aliphatic rings. The molecule has 1 aliphatic heterocycles. The molecule has 0 radical (unpaired) electrons. The minimum absolute atomic E-state index is 0.0203. The highest BCUT2D eigenvalue weighted by Gasteiger charge is 2.43. The third-order valence-corrected chi connectivity index (χ3v) is 9.52. The monoisotopic (exact) mass is 350 g/mol. The van der Waals surface area contributed by atoms with Crippen molar-refractivity contribution in [2.75, 3.05) is 13.2 Å². The van der Waals surface area contributed by atoms with Gasteiger partial charge in [0, 0.05) is 11.5 Å². The Labute approximate surface area is 146 Å². The Hall–Kier alpha value is -1.33. The van der Waals surface area contributed by atoms with Crippen molar-refractivity contribution in [3.63, 3.8) is 0 Å². The minimum Gasteiger partial charge on any atom is -0.493 e. The van der Waals surface area contributed by atoms with E-state index in [4.69, 9.17) is 13.9 Å². The van der Waals surface area contributed by atoms with Gasteiger partial charge in [-0.25, -0.2) is 0 Å². The Bertz CT molecular complexity index is 577. The van der Waals surface area contributed by atoms with Gasteiger partial charge in [-0.05, 0) is 31.1 Å². The fourth-order valence-corrected chi connectivity index (χ4v) is 3.95. The first kappa shape index (κ1) is 19.0. The molecule has 134 valence electrons. The van der Waals surface area contributed by atoms with Gasteiger partial charge < -0.3 is 13.9 Å². The summed E-state index contributed by atoms with van der Waals surface area (Å²) in [5, 5.41) is 0.106. The molecule has 1 heterocycles. The molecule has 2 atom stereocenters. The molecular weight excluding hydrogens is 320 g/mol. The summed E-state index contributed by atoms with van der Waals surface area (Å²) in [6.07, 6.45) is 0.196. The lowest BCUT2D eigenvalue weighted by Crippen LogP contribution is -2.45. The van der Waals surface area contributed by atoms with Gasteiger partial charge >= 0.3 is 5.97 Å². The van der Waals surface area contributed by atoms with Crippen LogP contribution in [0.2, 0.25) is 18.1 Å². The lowest BCUT2D eigenvalue weighted by molar-refractivity contribution is -0.145. The summed E-state index contributed by atoms with van der Waals surface area (Å²) in [5.74, 6) is 0.656. The first-order valence-corrected chi connectivity index (χ1v) is 11.6. The molecule has 2 unspecified atom stereocenters. The lowest BCUT2D eigenvalue weighted by Gasteiger charge is -2.43. The number of benzene rings is 1. The van der Waals surface area contributed by atoms with Crippen LogP contribution < -0.4 is 4.74 Å². The highest BCUT2D eigenvalue weighted by Crippen LogP contribution is 2.45. The topological polar surface area (TPSA) is 44.8 Å². The second-order valence-electron chi connectivity index (χ2n) is 7.92. The van der Waals surface area contributed by atoms with E-state index >= 15 is 0 Å². The Morgan fingerprint density at radius 1 is 1.29 bits per heavy atom. The second-order valence-corrected chi connectivity index (χ2v) is 12.7. The zero-order valence-corrected chi connectivity index (χ0v) is 16.7. The third-order valence-electron chi connectivity index (χ3n) is 5.07. The number of esters is 1. The molecule has 0 N–H and O–H groups in total. The zero-order valence-electron chi connectivity index (χ0n) is 15.7. The largest absolute Gasteiger partial charge is 0.493 e. The van der Waals surface area contributed by atoms with Crippen LogP contribution in [0, 0.1) is 5.92 Å². The van der Waals surface area contributed by atoms with Gasteiger partial charge in [0.1, 0.15) is 5.75 Å². The Kier molecular flexibility index (Phi) is 5.76. The Morgan fingerprint density at radius 2 is 1.96 bits per heavy atom. The summed E-state index contributed by atoms with van der Waals surface area (Å²) >= 11 is 0. The average Bonchev–Trinajstić information content (AvgIpc) is 2.48. The van der Waals surface area contributed by atoms with Crippen LogP contribution in [0.1, 0.15) is 45.8 Å². The molecule has 5 heteroatoms. The quantitative estimate of drug-likeness (QED) is 0.570. The van der Waals surface area contributed by atoms with Gasteiger partial charge in [0.25, 0.3) is 0 Å². The third kappa shape index (κ3) is 4.19. The van der Waals surface area contributed by atoms with Crippen LogP contribution in [-0.2, 0) is 14.0 Å². The smallest absolute Gasteiger partial charge is 0.306 e. The molecule has 0 aliphatic carbocycles. The van der Waals surface area contributed by atoms with E-state index in [-0.39, 0.29) is 23.0 Å². The lowest BCUT2D eigenvalue weighted by atomic mass is 9.91. The van der Waals surface area contributed by atoms with Gasteiger partial charge in [0.05, 0.1) is 25.7 Å².